The van der Waals surface area contributed by atoms with E-state index in [1.54, 1.807) is 18.2 Å². The topological polar surface area (TPSA) is 57.4 Å². The molecule has 0 bridgehead atoms. The van der Waals surface area contributed by atoms with Crippen LogP contribution in [-0.2, 0) is 0 Å². The van der Waals surface area contributed by atoms with Crippen LogP contribution in [0.5, 0.6) is 17.4 Å². The molecular weight excluding hydrogens is 223 g/mol. The molecule has 0 amide bonds. The minimum Gasteiger partial charge on any atom is -0.493 e. The van der Waals surface area contributed by atoms with Crippen molar-refractivity contribution in [3.63, 3.8) is 0 Å². The summed E-state index contributed by atoms with van der Waals surface area (Å²) in [6.07, 6.45) is 1.44. The summed E-state index contributed by atoms with van der Waals surface area (Å²) < 4.78 is 23.8. The van der Waals surface area contributed by atoms with Gasteiger partial charge in [0.15, 0.2) is 17.3 Å². The Labute approximate surface area is 97.8 Å². The van der Waals surface area contributed by atoms with Gasteiger partial charge in [0.25, 0.3) is 5.88 Å². The zero-order valence-electron chi connectivity index (χ0n) is 9.18. The first-order valence-electron chi connectivity index (χ1n) is 4.92. The van der Waals surface area contributed by atoms with Gasteiger partial charge < -0.3 is 15.2 Å². The molecule has 0 saturated heterocycles. The van der Waals surface area contributed by atoms with Gasteiger partial charge in [-0.3, -0.25) is 0 Å². The van der Waals surface area contributed by atoms with Crippen LogP contribution >= 0.6 is 0 Å². The Morgan fingerprint density at radius 3 is 2.76 bits per heavy atom. The number of ether oxygens (including phenoxy) is 2. The van der Waals surface area contributed by atoms with Crippen molar-refractivity contribution in [1.82, 2.24) is 4.98 Å². The quantitative estimate of drug-likeness (QED) is 0.829. The average Bonchev–Trinajstić information content (AvgIpc) is 2.32. The minimum atomic E-state index is -0.544. The van der Waals surface area contributed by atoms with E-state index in [9.17, 15) is 4.39 Å². The van der Waals surface area contributed by atoms with E-state index in [1.807, 2.05) is 0 Å². The second-order valence-electron chi connectivity index (χ2n) is 3.30. The molecule has 88 valence electrons. The summed E-state index contributed by atoms with van der Waals surface area (Å²) in [5.74, 6) is 0.128. The van der Waals surface area contributed by atoms with Crippen molar-refractivity contribution < 1.29 is 13.9 Å². The molecule has 2 aromatic rings. The number of nitrogens with zero attached hydrogens (tertiary/aromatic N) is 1. The van der Waals surface area contributed by atoms with Crippen LogP contribution in [0.2, 0.25) is 0 Å². The SMILES string of the molecule is COc1ccc(N)cc1Oc1ncccc1F. The average molecular weight is 234 g/mol. The highest BCUT2D eigenvalue weighted by atomic mass is 19.1. The number of halogens is 1. The van der Waals surface area contributed by atoms with Gasteiger partial charge >= 0.3 is 0 Å². The maximum Gasteiger partial charge on any atom is 0.255 e. The smallest absolute Gasteiger partial charge is 0.255 e. The third-order valence-electron chi connectivity index (χ3n) is 2.12. The van der Waals surface area contributed by atoms with E-state index < -0.39 is 5.82 Å². The van der Waals surface area contributed by atoms with Crippen LogP contribution < -0.4 is 15.2 Å². The van der Waals surface area contributed by atoms with Crippen molar-refractivity contribution >= 4 is 5.69 Å². The number of benzene rings is 1. The Morgan fingerprint density at radius 1 is 1.24 bits per heavy atom. The number of aromatic nitrogens is 1. The van der Waals surface area contributed by atoms with Gasteiger partial charge in [-0.05, 0) is 24.3 Å². The van der Waals surface area contributed by atoms with E-state index in [-0.39, 0.29) is 5.88 Å². The monoisotopic (exact) mass is 234 g/mol. The van der Waals surface area contributed by atoms with Gasteiger partial charge in [0, 0.05) is 18.0 Å². The molecule has 0 atom stereocenters. The summed E-state index contributed by atoms with van der Waals surface area (Å²) in [5, 5.41) is 0. The predicted octanol–water partition coefficient (Wildman–Crippen LogP) is 2.60. The number of anilines is 1. The van der Waals surface area contributed by atoms with Gasteiger partial charge in [-0.15, -0.1) is 0 Å². The van der Waals surface area contributed by atoms with E-state index in [0.717, 1.165) is 0 Å². The maximum atomic E-state index is 13.4. The number of hydrogen-bond donors (Lipinski definition) is 1. The first kappa shape index (κ1) is 11.2. The summed E-state index contributed by atoms with van der Waals surface area (Å²) >= 11 is 0. The first-order valence-corrected chi connectivity index (χ1v) is 4.92. The molecule has 0 unspecified atom stereocenters. The van der Waals surface area contributed by atoms with E-state index in [0.29, 0.717) is 17.2 Å². The number of nitrogen functional groups attached to an aromatic ring is 1. The standard InChI is InChI=1S/C12H11FN2O2/c1-16-10-5-4-8(14)7-11(10)17-12-9(13)3-2-6-15-12/h2-7H,14H2,1H3. The fourth-order valence-electron chi connectivity index (χ4n) is 1.32. The van der Waals surface area contributed by atoms with Crippen LogP contribution in [-0.4, -0.2) is 12.1 Å². The second-order valence-corrected chi connectivity index (χ2v) is 3.30. The molecule has 0 radical (unpaired) electrons. The maximum absolute atomic E-state index is 13.4. The van der Waals surface area contributed by atoms with Gasteiger partial charge in [-0.2, -0.15) is 0 Å². The molecule has 1 heterocycles. The molecule has 4 nitrogen and oxygen atoms in total. The minimum absolute atomic E-state index is 0.114. The van der Waals surface area contributed by atoms with E-state index in [2.05, 4.69) is 4.98 Å². The van der Waals surface area contributed by atoms with Crippen molar-refractivity contribution in [2.24, 2.45) is 0 Å². The van der Waals surface area contributed by atoms with Crippen molar-refractivity contribution in [1.29, 1.82) is 0 Å². The summed E-state index contributed by atoms with van der Waals surface area (Å²) in [4.78, 5) is 3.79. The number of hydrogen-bond acceptors (Lipinski definition) is 4. The summed E-state index contributed by atoms with van der Waals surface area (Å²) in [5.41, 5.74) is 6.12. The molecule has 0 aliphatic rings. The first-order chi connectivity index (χ1) is 8.20. The molecule has 0 aliphatic heterocycles. The largest absolute Gasteiger partial charge is 0.493 e. The Bertz CT molecular complexity index is 532. The summed E-state index contributed by atoms with van der Waals surface area (Å²) in [6.45, 7) is 0. The lowest BCUT2D eigenvalue weighted by molar-refractivity contribution is 0.364. The van der Waals surface area contributed by atoms with Gasteiger partial charge in [-0.25, -0.2) is 9.37 Å². The lowest BCUT2D eigenvalue weighted by Crippen LogP contribution is -1.95. The van der Waals surface area contributed by atoms with Crippen LogP contribution in [0.4, 0.5) is 10.1 Å². The van der Waals surface area contributed by atoms with Crippen LogP contribution in [0.25, 0.3) is 0 Å². The molecule has 1 aromatic heterocycles. The molecule has 2 N–H and O–H groups in total. The summed E-state index contributed by atoms with van der Waals surface area (Å²) in [6, 6.07) is 7.61. The predicted molar refractivity (Wildman–Crippen MR) is 61.7 cm³/mol. The number of methoxy groups -OCH3 is 1. The van der Waals surface area contributed by atoms with Gasteiger partial charge in [0.1, 0.15) is 0 Å². The van der Waals surface area contributed by atoms with E-state index >= 15 is 0 Å². The molecule has 0 aliphatic carbocycles. The molecule has 0 spiro atoms. The van der Waals surface area contributed by atoms with Crippen LogP contribution in [0.3, 0.4) is 0 Å². The van der Waals surface area contributed by atoms with Gasteiger partial charge in [0.2, 0.25) is 0 Å². The lowest BCUT2D eigenvalue weighted by atomic mass is 10.3. The molecule has 1 aromatic carbocycles. The van der Waals surface area contributed by atoms with Crippen molar-refractivity contribution in [2.45, 2.75) is 0 Å². The fraction of sp³-hybridized carbons (Fsp3) is 0.0833. The van der Waals surface area contributed by atoms with E-state index in [4.69, 9.17) is 15.2 Å². The van der Waals surface area contributed by atoms with E-state index in [1.165, 1.54) is 25.4 Å². The number of pyridine rings is 1. The van der Waals surface area contributed by atoms with Crippen molar-refractivity contribution in [2.75, 3.05) is 12.8 Å². The highest BCUT2D eigenvalue weighted by molar-refractivity contribution is 5.52. The molecular formula is C12H11FN2O2. The number of nitrogens with two attached hydrogens (primary N) is 1. The normalized spacial score (nSPS) is 10.0. The van der Waals surface area contributed by atoms with Gasteiger partial charge in [0.05, 0.1) is 7.11 Å². The highest BCUT2D eigenvalue weighted by Gasteiger charge is 2.10. The molecule has 2 rings (SSSR count). The second kappa shape index (κ2) is 4.69. The third-order valence-corrected chi connectivity index (χ3v) is 2.12. The Kier molecular flexibility index (Phi) is 3.09. The van der Waals surface area contributed by atoms with Crippen molar-refractivity contribution in [3.05, 3.63) is 42.3 Å². The Hall–Kier alpha value is -2.30. The molecule has 17 heavy (non-hydrogen) atoms. The zero-order valence-corrected chi connectivity index (χ0v) is 9.18. The highest BCUT2D eigenvalue weighted by Crippen LogP contribution is 2.33. The molecule has 0 fully saturated rings. The molecule has 0 saturated carbocycles. The van der Waals surface area contributed by atoms with Crippen LogP contribution in [0.1, 0.15) is 0 Å². The van der Waals surface area contributed by atoms with Crippen molar-refractivity contribution in [3.8, 4) is 17.4 Å². The zero-order chi connectivity index (χ0) is 12.3. The van der Waals surface area contributed by atoms with Crippen LogP contribution in [0.15, 0.2) is 36.5 Å². The Balaban J connectivity index is 2.35. The lowest BCUT2D eigenvalue weighted by Gasteiger charge is -2.10. The Morgan fingerprint density at radius 2 is 2.06 bits per heavy atom. The summed E-state index contributed by atoms with van der Waals surface area (Å²) in [7, 11) is 1.49. The number of rotatable bonds is 3. The third kappa shape index (κ3) is 2.44. The van der Waals surface area contributed by atoms with Gasteiger partial charge in [-0.1, -0.05) is 0 Å². The van der Waals surface area contributed by atoms with Crippen LogP contribution in [0, 0.1) is 5.82 Å². The molecule has 5 heteroatoms. The fourth-order valence-corrected chi connectivity index (χ4v) is 1.32.